The molecular formula is C26H22N4O3. The number of carbonyl (C=O) groups excluding carboxylic acids is 1. The quantitative estimate of drug-likeness (QED) is 0.482. The summed E-state index contributed by atoms with van der Waals surface area (Å²) in [6.07, 6.45) is 2.52. The zero-order valence-corrected chi connectivity index (χ0v) is 17.9. The Morgan fingerprint density at radius 2 is 1.70 bits per heavy atom. The van der Waals surface area contributed by atoms with E-state index in [0.717, 1.165) is 12.1 Å². The molecule has 0 radical (unpaired) electrons. The Balaban J connectivity index is 1.26. The molecule has 2 aliphatic heterocycles. The first-order valence-electron chi connectivity index (χ1n) is 11.1. The van der Waals surface area contributed by atoms with Gasteiger partial charge in [-0.3, -0.25) is 19.0 Å². The Hall–Kier alpha value is -4.00. The number of likely N-dealkylation sites (tertiary alicyclic amines) is 1. The van der Waals surface area contributed by atoms with Gasteiger partial charge in [-0.25, -0.2) is 4.98 Å². The van der Waals surface area contributed by atoms with Crippen LogP contribution in [0.15, 0.2) is 82.6 Å². The van der Waals surface area contributed by atoms with E-state index in [1.165, 1.54) is 10.9 Å². The molecule has 7 nitrogen and oxygen atoms in total. The van der Waals surface area contributed by atoms with Crippen molar-refractivity contribution in [3.8, 4) is 5.69 Å². The maximum absolute atomic E-state index is 13.3. The largest absolute Gasteiger partial charge is 0.338 e. The molecule has 164 valence electrons. The highest BCUT2D eigenvalue weighted by Crippen LogP contribution is 2.35. The number of amides is 1. The summed E-state index contributed by atoms with van der Waals surface area (Å²) in [7, 11) is 0. The SMILES string of the molecule is O=C(c1ccc(-n2cnc3ccccc3c2=O)cc1)N1CC2CC(C1)c1cccc(=O)n1C2. The fraction of sp³-hybridized carbons (Fsp3) is 0.231. The van der Waals surface area contributed by atoms with Gasteiger partial charge in [0, 0.05) is 42.9 Å². The second-order valence-electron chi connectivity index (χ2n) is 8.89. The number of hydrogen-bond acceptors (Lipinski definition) is 4. The maximum atomic E-state index is 13.3. The van der Waals surface area contributed by atoms with Gasteiger partial charge >= 0.3 is 0 Å². The average molecular weight is 438 g/mol. The molecule has 0 spiro atoms. The zero-order chi connectivity index (χ0) is 22.5. The van der Waals surface area contributed by atoms with E-state index in [0.29, 0.717) is 41.8 Å². The van der Waals surface area contributed by atoms with Crippen molar-refractivity contribution in [2.24, 2.45) is 5.92 Å². The predicted octanol–water partition coefficient (Wildman–Crippen LogP) is 2.81. The number of nitrogens with zero attached hydrogens (tertiary/aromatic N) is 4. The van der Waals surface area contributed by atoms with Gasteiger partial charge in [0.05, 0.1) is 16.6 Å². The molecule has 2 aliphatic rings. The van der Waals surface area contributed by atoms with Crippen LogP contribution in [0.3, 0.4) is 0 Å². The molecule has 0 aliphatic carbocycles. The maximum Gasteiger partial charge on any atom is 0.265 e. The molecule has 2 atom stereocenters. The molecule has 2 unspecified atom stereocenters. The first-order valence-corrected chi connectivity index (χ1v) is 11.1. The van der Waals surface area contributed by atoms with Crippen LogP contribution in [0, 0.1) is 5.92 Å². The number of para-hydroxylation sites is 1. The molecule has 1 fully saturated rings. The molecule has 7 heteroatoms. The van der Waals surface area contributed by atoms with Crippen molar-refractivity contribution in [1.82, 2.24) is 19.0 Å². The Kier molecular flexibility index (Phi) is 4.50. The first-order chi connectivity index (χ1) is 16.1. The number of aromatic nitrogens is 3. The third-order valence-electron chi connectivity index (χ3n) is 6.82. The Morgan fingerprint density at radius 3 is 2.55 bits per heavy atom. The lowest BCUT2D eigenvalue weighted by Gasteiger charge is -2.42. The van der Waals surface area contributed by atoms with Crippen LogP contribution in [0.1, 0.15) is 28.4 Å². The van der Waals surface area contributed by atoms with Crippen molar-refractivity contribution in [3.05, 3.63) is 105 Å². The Labute approximate surface area is 189 Å². The minimum Gasteiger partial charge on any atom is -0.338 e. The van der Waals surface area contributed by atoms with E-state index in [-0.39, 0.29) is 28.9 Å². The van der Waals surface area contributed by atoms with Crippen molar-refractivity contribution >= 4 is 16.8 Å². The number of fused-ring (bicyclic) bond motifs is 5. The molecule has 2 aromatic heterocycles. The molecule has 1 amide bonds. The van der Waals surface area contributed by atoms with Crippen LogP contribution >= 0.6 is 0 Å². The van der Waals surface area contributed by atoms with Crippen LogP contribution in [0.25, 0.3) is 16.6 Å². The van der Waals surface area contributed by atoms with E-state index >= 15 is 0 Å². The van der Waals surface area contributed by atoms with Crippen LogP contribution in [-0.2, 0) is 6.54 Å². The minimum absolute atomic E-state index is 0.0213. The smallest absolute Gasteiger partial charge is 0.265 e. The molecule has 0 N–H and O–H groups in total. The second-order valence-corrected chi connectivity index (χ2v) is 8.89. The number of rotatable bonds is 2. The standard InChI is InChI=1S/C26H22N4O3/c31-24-7-3-6-23-19-12-17(14-29(23)24)13-28(15-19)25(32)18-8-10-20(11-9-18)30-16-27-22-5-2-1-4-21(22)26(30)33/h1-11,16-17,19H,12-15H2. The summed E-state index contributed by atoms with van der Waals surface area (Å²) in [6, 6.07) is 19.7. The lowest BCUT2D eigenvalue weighted by molar-refractivity contribution is 0.0594. The van der Waals surface area contributed by atoms with Crippen molar-refractivity contribution in [3.63, 3.8) is 0 Å². The predicted molar refractivity (Wildman–Crippen MR) is 125 cm³/mol. The molecule has 33 heavy (non-hydrogen) atoms. The monoisotopic (exact) mass is 438 g/mol. The lowest BCUT2D eigenvalue weighted by Crippen LogP contribution is -2.49. The normalized spacial score (nSPS) is 19.3. The van der Waals surface area contributed by atoms with Crippen LogP contribution in [0.2, 0.25) is 0 Å². The average Bonchev–Trinajstić information content (AvgIpc) is 2.85. The first kappa shape index (κ1) is 19.7. The van der Waals surface area contributed by atoms with Crippen molar-refractivity contribution in [2.45, 2.75) is 18.9 Å². The third kappa shape index (κ3) is 3.28. The van der Waals surface area contributed by atoms with Gasteiger partial charge in [0.25, 0.3) is 17.0 Å². The van der Waals surface area contributed by atoms with E-state index in [4.69, 9.17) is 0 Å². The van der Waals surface area contributed by atoms with Crippen LogP contribution < -0.4 is 11.1 Å². The highest BCUT2D eigenvalue weighted by atomic mass is 16.2. The van der Waals surface area contributed by atoms with Crippen LogP contribution in [-0.4, -0.2) is 38.0 Å². The highest BCUT2D eigenvalue weighted by Gasteiger charge is 2.36. The summed E-state index contributed by atoms with van der Waals surface area (Å²) < 4.78 is 3.36. The second kappa shape index (κ2) is 7.55. The van der Waals surface area contributed by atoms with Gasteiger partial charge in [-0.15, -0.1) is 0 Å². The lowest BCUT2D eigenvalue weighted by atomic mass is 9.83. The van der Waals surface area contributed by atoms with Gasteiger partial charge in [-0.05, 0) is 54.8 Å². The van der Waals surface area contributed by atoms with Crippen LogP contribution in [0.4, 0.5) is 0 Å². The van der Waals surface area contributed by atoms with Gasteiger partial charge in [0.15, 0.2) is 0 Å². The van der Waals surface area contributed by atoms with E-state index in [1.807, 2.05) is 33.7 Å². The number of benzene rings is 2. The Morgan fingerprint density at radius 1 is 0.879 bits per heavy atom. The van der Waals surface area contributed by atoms with Crippen molar-refractivity contribution in [2.75, 3.05) is 13.1 Å². The summed E-state index contributed by atoms with van der Waals surface area (Å²) >= 11 is 0. The summed E-state index contributed by atoms with van der Waals surface area (Å²) in [4.78, 5) is 44.6. The van der Waals surface area contributed by atoms with E-state index in [1.54, 1.807) is 42.5 Å². The summed E-state index contributed by atoms with van der Waals surface area (Å²) in [5.74, 6) is 0.436. The molecule has 2 bridgehead atoms. The van der Waals surface area contributed by atoms with Gasteiger partial charge in [-0.2, -0.15) is 0 Å². The highest BCUT2D eigenvalue weighted by molar-refractivity contribution is 5.94. The molecule has 6 rings (SSSR count). The third-order valence-corrected chi connectivity index (χ3v) is 6.82. The molecular weight excluding hydrogens is 416 g/mol. The van der Waals surface area contributed by atoms with Crippen LogP contribution in [0.5, 0.6) is 0 Å². The fourth-order valence-corrected chi connectivity index (χ4v) is 5.26. The zero-order valence-electron chi connectivity index (χ0n) is 17.9. The molecule has 0 saturated carbocycles. The molecule has 4 aromatic rings. The molecule has 4 heterocycles. The van der Waals surface area contributed by atoms with E-state index < -0.39 is 0 Å². The number of pyridine rings is 1. The number of carbonyl (C=O) groups is 1. The Bertz CT molecular complexity index is 1500. The minimum atomic E-state index is -0.141. The van der Waals surface area contributed by atoms with Crippen molar-refractivity contribution < 1.29 is 4.79 Å². The van der Waals surface area contributed by atoms with Gasteiger partial charge < -0.3 is 9.47 Å². The van der Waals surface area contributed by atoms with Gasteiger partial charge in [-0.1, -0.05) is 18.2 Å². The van der Waals surface area contributed by atoms with Gasteiger partial charge in [0.1, 0.15) is 6.33 Å². The summed E-state index contributed by atoms with van der Waals surface area (Å²) in [5.41, 5.74) is 2.83. The fourth-order valence-electron chi connectivity index (χ4n) is 5.26. The topological polar surface area (TPSA) is 77.2 Å². The number of piperidine rings is 1. The van der Waals surface area contributed by atoms with Gasteiger partial charge in [0.2, 0.25) is 0 Å². The molecule has 1 saturated heterocycles. The number of hydrogen-bond donors (Lipinski definition) is 0. The summed E-state index contributed by atoms with van der Waals surface area (Å²) in [5, 5.41) is 0.555. The van der Waals surface area contributed by atoms with Crippen molar-refractivity contribution in [1.29, 1.82) is 0 Å². The van der Waals surface area contributed by atoms with E-state index in [9.17, 15) is 14.4 Å². The van der Waals surface area contributed by atoms with E-state index in [2.05, 4.69) is 4.98 Å². The summed E-state index contributed by atoms with van der Waals surface area (Å²) in [6.45, 7) is 1.91. The molecule has 2 aromatic carbocycles.